The summed E-state index contributed by atoms with van der Waals surface area (Å²) in [5, 5.41) is 9.01. The van der Waals surface area contributed by atoms with E-state index in [-0.39, 0.29) is 18.4 Å². The highest BCUT2D eigenvalue weighted by molar-refractivity contribution is 5.85. The minimum atomic E-state index is -0.919. The zero-order valence-electron chi connectivity index (χ0n) is 13.3. The summed E-state index contributed by atoms with van der Waals surface area (Å²) < 4.78 is 0. The molecule has 0 aliphatic heterocycles. The quantitative estimate of drug-likeness (QED) is 0.776. The van der Waals surface area contributed by atoms with Crippen LogP contribution in [0.15, 0.2) is 0 Å². The zero-order chi connectivity index (χ0) is 15.4. The van der Waals surface area contributed by atoms with Gasteiger partial charge in [0, 0.05) is 19.0 Å². The summed E-state index contributed by atoms with van der Waals surface area (Å²) in [5.41, 5.74) is 0. The summed E-state index contributed by atoms with van der Waals surface area (Å²) in [4.78, 5) is 27.0. The molecular weight excluding hydrogens is 268 g/mol. The van der Waals surface area contributed by atoms with Crippen molar-refractivity contribution >= 4 is 11.9 Å². The van der Waals surface area contributed by atoms with Gasteiger partial charge in [0.2, 0.25) is 5.91 Å². The molecule has 0 aromatic carbocycles. The van der Waals surface area contributed by atoms with Gasteiger partial charge >= 0.3 is 5.97 Å². The Balaban J connectivity index is 1.87. The van der Waals surface area contributed by atoms with Crippen molar-refractivity contribution in [2.75, 3.05) is 33.7 Å². The van der Waals surface area contributed by atoms with Crippen molar-refractivity contribution < 1.29 is 14.7 Å². The van der Waals surface area contributed by atoms with Crippen molar-refractivity contribution in [2.45, 2.75) is 38.5 Å². The van der Waals surface area contributed by atoms with Crippen LogP contribution in [0.1, 0.15) is 38.5 Å². The van der Waals surface area contributed by atoms with Crippen LogP contribution in [0, 0.1) is 17.8 Å². The number of aliphatic carboxylic acids is 1. The molecule has 0 aromatic rings. The van der Waals surface area contributed by atoms with Gasteiger partial charge in [-0.15, -0.1) is 0 Å². The van der Waals surface area contributed by atoms with Crippen LogP contribution in [0.2, 0.25) is 0 Å². The highest BCUT2D eigenvalue weighted by atomic mass is 16.4. The normalized spacial score (nSPS) is 25.9. The van der Waals surface area contributed by atoms with Gasteiger partial charge in [-0.2, -0.15) is 0 Å². The lowest BCUT2D eigenvalue weighted by Gasteiger charge is -2.25. The average Bonchev–Trinajstić information content (AvgIpc) is 3.23. The Labute approximate surface area is 127 Å². The molecule has 0 unspecified atom stereocenters. The van der Waals surface area contributed by atoms with E-state index >= 15 is 0 Å². The Bertz CT molecular complexity index is 378. The second kappa shape index (κ2) is 7.25. The van der Waals surface area contributed by atoms with Gasteiger partial charge in [-0.3, -0.25) is 9.59 Å². The largest absolute Gasteiger partial charge is 0.480 e. The zero-order valence-corrected chi connectivity index (χ0v) is 13.3. The van der Waals surface area contributed by atoms with Crippen LogP contribution in [-0.4, -0.2) is 60.5 Å². The number of hydrogen-bond acceptors (Lipinski definition) is 3. The van der Waals surface area contributed by atoms with E-state index in [2.05, 4.69) is 0 Å². The molecule has 0 aromatic heterocycles. The van der Waals surface area contributed by atoms with E-state index in [0.29, 0.717) is 24.9 Å². The summed E-state index contributed by atoms with van der Waals surface area (Å²) in [6.07, 6.45) is 7.40. The molecule has 0 heterocycles. The Morgan fingerprint density at radius 3 is 2.33 bits per heavy atom. The van der Waals surface area contributed by atoms with Crippen molar-refractivity contribution in [3.8, 4) is 0 Å². The maximum absolute atomic E-state index is 12.6. The third kappa shape index (κ3) is 4.70. The first-order valence-electron chi connectivity index (χ1n) is 8.14. The molecule has 1 N–H and O–H groups in total. The minimum absolute atomic E-state index is 0.0647. The molecule has 2 fully saturated rings. The number of hydrogen-bond donors (Lipinski definition) is 1. The van der Waals surface area contributed by atoms with E-state index in [0.717, 1.165) is 6.42 Å². The number of carbonyl (C=O) groups is 2. The topological polar surface area (TPSA) is 60.9 Å². The summed E-state index contributed by atoms with van der Waals surface area (Å²) in [6, 6.07) is 0. The van der Waals surface area contributed by atoms with Gasteiger partial charge < -0.3 is 14.9 Å². The molecule has 1 amide bonds. The number of rotatable bonds is 7. The number of nitrogens with zero attached hydrogens (tertiary/aromatic N) is 2. The number of carbonyl (C=O) groups excluding carboxylic acids is 1. The first kappa shape index (κ1) is 16.3. The molecule has 0 bridgehead atoms. The summed E-state index contributed by atoms with van der Waals surface area (Å²) in [6.45, 7) is 1.05. The van der Waals surface area contributed by atoms with Gasteiger partial charge in [0.05, 0.1) is 0 Å². The fourth-order valence-corrected chi connectivity index (χ4v) is 3.57. The standard InChI is InChI=1S/C16H28N2O3/c1-17(2)8-9-18(11-15(19)20)16(21)14-10-13(14)12-6-4-3-5-7-12/h12-14H,3-11H2,1-2H3,(H,19,20)/t13-,14-/m1/s1. The first-order valence-corrected chi connectivity index (χ1v) is 8.14. The fraction of sp³-hybridized carbons (Fsp3) is 0.875. The van der Waals surface area contributed by atoms with Gasteiger partial charge in [-0.05, 0) is 32.4 Å². The van der Waals surface area contributed by atoms with Gasteiger partial charge in [0.25, 0.3) is 0 Å². The Hall–Kier alpha value is -1.10. The maximum atomic E-state index is 12.6. The second-order valence-electron chi connectivity index (χ2n) is 6.86. The average molecular weight is 296 g/mol. The lowest BCUT2D eigenvalue weighted by atomic mass is 9.85. The number of likely N-dealkylation sites (N-methyl/N-ethyl adjacent to an activating group) is 1. The van der Waals surface area contributed by atoms with Gasteiger partial charge in [-0.1, -0.05) is 32.1 Å². The van der Waals surface area contributed by atoms with Crippen molar-refractivity contribution in [1.29, 1.82) is 0 Å². The second-order valence-corrected chi connectivity index (χ2v) is 6.86. The van der Waals surface area contributed by atoms with Crippen molar-refractivity contribution in [3.63, 3.8) is 0 Å². The van der Waals surface area contributed by atoms with Crippen LogP contribution in [0.5, 0.6) is 0 Å². The van der Waals surface area contributed by atoms with E-state index in [1.165, 1.54) is 37.0 Å². The molecule has 2 rings (SSSR count). The van der Waals surface area contributed by atoms with E-state index in [9.17, 15) is 9.59 Å². The van der Waals surface area contributed by atoms with E-state index < -0.39 is 5.97 Å². The molecule has 5 nitrogen and oxygen atoms in total. The molecule has 0 radical (unpaired) electrons. The first-order chi connectivity index (χ1) is 9.99. The lowest BCUT2D eigenvalue weighted by molar-refractivity contribution is -0.145. The third-order valence-electron chi connectivity index (χ3n) is 4.87. The highest BCUT2D eigenvalue weighted by Crippen LogP contribution is 2.50. The molecule has 2 aliphatic carbocycles. The monoisotopic (exact) mass is 296 g/mol. The van der Waals surface area contributed by atoms with E-state index in [1.807, 2.05) is 19.0 Å². The molecule has 5 heteroatoms. The predicted molar refractivity (Wildman–Crippen MR) is 80.9 cm³/mol. The number of carboxylic acids is 1. The Kier molecular flexibility index (Phi) is 5.62. The Morgan fingerprint density at radius 2 is 1.76 bits per heavy atom. The molecule has 120 valence electrons. The smallest absolute Gasteiger partial charge is 0.323 e. The van der Waals surface area contributed by atoms with Crippen LogP contribution >= 0.6 is 0 Å². The molecular formula is C16H28N2O3. The highest BCUT2D eigenvalue weighted by Gasteiger charge is 2.48. The molecule has 0 saturated heterocycles. The minimum Gasteiger partial charge on any atom is -0.480 e. The van der Waals surface area contributed by atoms with Crippen molar-refractivity contribution in [1.82, 2.24) is 9.80 Å². The molecule has 2 saturated carbocycles. The van der Waals surface area contributed by atoms with Gasteiger partial charge in [0.1, 0.15) is 6.54 Å². The predicted octanol–water partition coefficient (Wildman–Crippen LogP) is 1.68. The summed E-state index contributed by atoms with van der Waals surface area (Å²) in [7, 11) is 3.87. The van der Waals surface area contributed by atoms with E-state index in [1.54, 1.807) is 0 Å². The number of carboxylic acid groups (broad SMARTS) is 1. The molecule has 2 atom stereocenters. The van der Waals surface area contributed by atoms with Crippen LogP contribution in [0.4, 0.5) is 0 Å². The Morgan fingerprint density at radius 1 is 1.10 bits per heavy atom. The third-order valence-corrected chi connectivity index (χ3v) is 4.87. The molecule has 21 heavy (non-hydrogen) atoms. The lowest BCUT2D eigenvalue weighted by Crippen LogP contribution is -2.41. The van der Waals surface area contributed by atoms with Crippen LogP contribution < -0.4 is 0 Å². The van der Waals surface area contributed by atoms with Crippen LogP contribution in [0.25, 0.3) is 0 Å². The molecule has 0 spiro atoms. The number of amides is 1. The van der Waals surface area contributed by atoms with Crippen LogP contribution in [0.3, 0.4) is 0 Å². The van der Waals surface area contributed by atoms with Gasteiger partial charge in [0.15, 0.2) is 0 Å². The summed E-state index contributed by atoms with van der Waals surface area (Å²) in [5.74, 6) is 0.461. The summed E-state index contributed by atoms with van der Waals surface area (Å²) >= 11 is 0. The van der Waals surface area contributed by atoms with Crippen molar-refractivity contribution in [2.24, 2.45) is 17.8 Å². The fourth-order valence-electron chi connectivity index (χ4n) is 3.57. The maximum Gasteiger partial charge on any atom is 0.323 e. The van der Waals surface area contributed by atoms with E-state index in [4.69, 9.17) is 5.11 Å². The SMILES string of the molecule is CN(C)CCN(CC(=O)O)C(=O)[C@@H]1C[C@@H]1C1CCCCC1. The van der Waals surface area contributed by atoms with Crippen LogP contribution in [-0.2, 0) is 9.59 Å². The van der Waals surface area contributed by atoms with Crippen molar-refractivity contribution in [3.05, 3.63) is 0 Å². The van der Waals surface area contributed by atoms with Gasteiger partial charge in [-0.25, -0.2) is 0 Å². The molecule has 2 aliphatic rings.